The maximum Gasteiger partial charge on any atom is 1.00 e. The number of carbonyl (C=O) groups excluding carboxylic acids is 2. The first kappa shape index (κ1) is 30.8. The Morgan fingerprint density at radius 2 is 1.74 bits per heavy atom. The Bertz CT molecular complexity index is 1200. The van der Waals surface area contributed by atoms with Crippen LogP contribution in [0.3, 0.4) is 0 Å². The Morgan fingerprint density at radius 3 is 2.38 bits per heavy atom. The Kier molecular flexibility index (Phi) is 11.0. The molecule has 0 spiro atoms. The van der Waals surface area contributed by atoms with E-state index in [0.717, 1.165) is 0 Å². The van der Waals surface area contributed by atoms with Crippen molar-refractivity contribution in [3.63, 3.8) is 0 Å². The molecule has 0 radical (unpaired) electrons. The van der Waals surface area contributed by atoms with Gasteiger partial charge in [-0.3, -0.25) is 4.79 Å². The number of hydrogen-bond donors (Lipinski definition) is 0. The molecule has 2 aromatic rings. The molecule has 5 unspecified atom stereocenters. The average molecular weight is 1000 g/mol. The second kappa shape index (κ2) is 12.2. The van der Waals surface area contributed by atoms with Crippen molar-refractivity contribution in [1.82, 2.24) is 0 Å². The van der Waals surface area contributed by atoms with Crippen LogP contribution >= 0.6 is 137 Å². The van der Waals surface area contributed by atoms with Gasteiger partial charge in [-0.05, 0) is 63.7 Å². The molecule has 0 aromatic heterocycles. The minimum absolute atomic E-state index is 0. The molecular weight excluding hydrogens is 993 g/mol. The normalized spacial score (nSPS) is 25.5. The van der Waals surface area contributed by atoms with Crippen molar-refractivity contribution in [2.45, 2.75) is 26.5 Å². The number of fused-ring (bicyclic) bond motifs is 2. The van der Waals surface area contributed by atoms with Gasteiger partial charge in [-0.1, -0.05) is 97.3 Å². The molecule has 0 bridgehead atoms. The van der Waals surface area contributed by atoms with E-state index in [9.17, 15) is 14.7 Å². The molecule has 1 aliphatic heterocycles. The summed E-state index contributed by atoms with van der Waals surface area (Å²) in [6.07, 6.45) is -0.889. The van der Waals surface area contributed by atoms with Crippen LogP contribution in [-0.2, 0) is 9.53 Å². The molecule has 1 fully saturated rings. The van der Waals surface area contributed by atoms with Gasteiger partial charge in [-0.25, -0.2) is 4.79 Å². The fraction of sp³-hybridized carbons (Fsp3) is 0.300. The smallest absolute Gasteiger partial charge is 0.871 e. The molecule has 4 rings (SSSR count). The Morgan fingerprint density at radius 1 is 1.09 bits per heavy atom. The molecule has 5 nitrogen and oxygen atoms in total. The molecule has 14 heteroatoms. The van der Waals surface area contributed by atoms with Gasteiger partial charge in [0, 0.05) is 18.6 Å². The van der Waals surface area contributed by atoms with Gasteiger partial charge in [0.25, 0.3) is 0 Å². The Labute approximate surface area is 291 Å². The van der Waals surface area contributed by atoms with E-state index in [4.69, 9.17) is 55.9 Å². The largest absolute Gasteiger partial charge is 1.00 e. The number of hydrogen-bond acceptors (Lipinski definition) is 5. The summed E-state index contributed by atoms with van der Waals surface area (Å²) < 4.78 is 12.3. The summed E-state index contributed by atoms with van der Waals surface area (Å²) in [4.78, 5) is 25.9. The standard InChI is InChI=1S/C20H10Cl4I4O5.Na/c21-7-1-4(10(22)12(24)11(7)23)20(31)33-17-5-2-8(25)15(29)13(27)18(5)32-19-6(17)3-9(26)16(30)14(19)28;/h1-2,6,9,14,17,19,29H,3H2;/q;+1/p-1. The number of benzene rings is 2. The van der Waals surface area contributed by atoms with Crippen LogP contribution in [0.25, 0.3) is 0 Å². The molecule has 0 amide bonds. The van der Waals surface area contributed by atoms with Gasteiger partial charge >= 0.3 is 35.5 Å². The van der Waals surface area contributed by atoms with E-state index < -0.39 is 22.1 Å². The molecule has 5 atom stereocenters. The monoisotopic (exact) mass is 1000 g/mol. The first-order chi connectivity index (χ1) is 15.4. The zero-order chi connectivity index (χ0) is 24.4. The van der Waals surface area contributed by atoms with Crippen LogP contribution in [0.15, 0.2) is 12.1 Å². The van der Waals surface area contributed by atoms with Crippen molar-refractivity contribution in [1.29, 1.82) is 0 Å². The first-order valence-corrected chi connectivity index (χ1v) is 15.3. The maximum atomic E-state index is 13.3. The van der Waals surface area contributed by atoms with Crippen LogP contribution in [0.5, 0.6) is 11.5 Å². The molecule has 0 saturated heterocycles. The van der Waals surface area contributed by atoms with Crippen LogP contribution in [0.4, 0.5) is 0 Å². The number of carbonyl (C=O) groups is 2. The Hall–Kier alpha value is 2.26. The molecule has 2 aromatic carbocycles. The second-order valence-corrected chi connectivity index (χ2v) is 14.0. The maximum absolute atomic E-state index is 13.3. The van der Waals surface area contributed by atoms with Crippen molar-refractivity contribution >= 4 is 149 Å². The third-order valence-corrected chi connectivity index (χ3v) is 11.4. The summed E-state index contributed by atoms with van der Waals surface area (Å²) in [6, 6.07) is 2.97. The van der Waals surface area contributed by atoms with Crippen molar-refractivity contribution in [2.75, 3.05) is 0 Å². The van der Waals surface area contributed by atoms with Crippen LogP contribution in [0.1, 0.15) is 28.4 Å². The molecule has 0 N–H and O–H groups in total. The average Bonchev–Trinajstić information content (AvgIpc) is 2.78. The Balaban J connectivity index is 0.00000324. The zero-order valence-corrected chi connectivity index (χ0v) is 30.5. The fourth-order valence-corrected chi connectivity index (χ4v) is 9.34. The summed E-state index contributed by atoms with van der Waals surface area (Å²) in [5, 5.41) is 12.5. The number of Topliss-reactive ketones (excluding diaryl/α,β-unsaturated/α-hetero) is 1. The number of ether oxygens (including phenoxy) is 2. The number of halogens is 8. The summed E-state index contributed by atoms with van der Waals surface area (Å²) in [5.74, 6) is -0.867. The zero-order valence-electron chi connectivity index (χ0n) is 16.8. The molecule has 2 aliphatic rings. The third-order valence-electron chi connectivity index (χ3n) is 5.44. The molecule has 1 saturated carbocycles. The van der Waals surface area contributed by atoms with Gasteiger partial charge in [0.2, 0.25) is 0 Å². The van der Waals surface area contributed by atoms with Crippen LogP contribution in [-0.4, -0.2) is 25.7 Å². The van der Waals surface area contributed by atoms with Crippen LogP contribution in [0, 0.1) is 13.1 Å². The van der Waals surface area contributed by atoms with E-state index in [1.54, 1.807) is 6.07 Å². The number of alkyl halides is 2. The van der Waals surface area contributed by atoms with Crippen molar-refractivity contribution in [2.24, 2.45) is 5.92 Å². The van der Waals surface area contributed by atoms with Crippen molar-refractivity contribution in [3.05, 3.63) is 50.5 Å². The predicted octanol–water partition coefficient (Wildman–Crippen LogP) is 4.44. The molecule has 176 valence electrons. The summed E-state index contributed by atoms with van der Waals surface area (Å²) >= 11 is 32.6. The number of ketones is 1. The van der Waals surface area contributed by atoms with Gasteiger partial charge in [0.05, 0.1) is 29.6 Å². The van der Waals surface area contributed by atoms with E-state index in [2.05, 4.69) is 45.2 Å². The van der Waals surface area contributed by atoms with Gasteiger partial charge in [-0.2, -0.15) is 0 Å². The molecule has 1 heterocycles. The predicted molar refractivity (Wildman–Crippen MR) is 159 cm³/mol. The van der Waals surface area contributed by atoms with Crippen molar-refractivity contribution < 1.29 is 53.7 Å². The van der Waals surface area contributed by atoms with E-state index in [0.29, 0.717) is 24.9 Å². The molecular formula is C20H9Cl4I4NaO5. The minimum atomic E-state index is -0.777. The second-order valence-electron chi connectivity index (χ2n) is 7.35. The quantitative estimate of drug-likeness (QED) is 0.111. The summed E-state index contributed by atoms with van der Waals surface area (Å²) in [7, 11) is 0. The van der Waals surface area contributed by atoms with Gasteiger partial charge in [0.15, 0.2) is 5.78 Å². The summed E-state index contributed by atoms with van der Waals surface area (Å²) in [5.41, 5.74) is 0.538. The summed E-state index contributed by atoms with van der Waals surface area (Å²) in [6.45, 7) is 0. The van der Waals surface area contributed by atoms with Gasteiger partial charge in [0.1, 0.15) is 21.9 Å². The fourth-order valence-electron chi connectivity index (χ4n) is 3.84. The first-order valence-electron chi connectivity index (χ1n) is 9.15. The minimum Gasteiger partial charge on any atom is -0.871 e. The van der Waals surface area contributed by atoms with E-state index in [-0.39, 0.29) is 76.6 Å². The number of rotatable bonds is 2. The van der Waals surface area contributed by atoms with Gasteiger partial charge in [-0.15, -0.1) is 0 Å². The molecule has 1 aliphatic carbocycles. The third kappa shape index (κ3) is 5.60. The van der Waals surface area contributed by atoms with Crippen molar-refractivity contribution in [3.8, 4) is 11.5 Å². The van der Waals surface area contributed by atoms with E-state index >= 15 is 0 Å². The molecule has 34 heavy (non-hydrogen) atoms. The topological polar surface area (TPSA) is 75.7 Å². The van der Waals surface area contributed by atoms with Crippen LogP contribution < -0.4 is 39.4 Å². The van der Waals surface area contributed by atoms with Gasteiger partial charge < -0.3 is 14.6 Å². The number of esters is 1. The SMILES string of the molecule is O=C(OC1c2cc(I)c([O-])c(I)c2OC2C(I)C(=O)C(I)CC12)c1cc(Cl)c(Cl)c(Cl)c1Cl.[Na+]. The van der Waals surface area contributed by atoms with Crippen LogP contribution in [0.2, 0.25) is 20.1 Å². The van der Waals surface area contributed by atoms with E-state index in [1.165, 1.54) is 6.07 Å². The van der Waals surface area contributed by atoms with E-state index in [1.807, 2.05) is 45.2 Å².